The van der Waals surface area contributed by atoms with E-state index in [2.05, 4.69) is 5.32 Å². The van der Waals surface area contributed by atoms with Crippen LogP contribution in [0.25, 0.3) is 0 Å². The Morgan fingerprint density at radius 2 is 1.79 bits per heavy atom. The summed E-state index contributed by atoms with van der Waals surface area (Å²) in [6, 6.07) is 8.71. The maximum absolute atomic E-state index is 12.9. The lowest BCUT2D eigenvalue weighted by atomic mass is 9.92. The highest BCUT2D eigenvalue weighted by Crippen LogP contribution is 2.32. The van der Waals surface area contributed by atoms with Crippen LogP contribution in [0.2, 0.25) is 0 Å². The molecule has 0 radical (unpaired) electrons. The number of hydrogen-bond acceptors (Lipinski definition) is 4. The molecular formula is C18H14F3N3O4. The van der Waals surface area contributed by atoms with Crippen LogP contribution in [0.4, 0.5) is 23.7 Å². The van der Waals surface area contributed by atoms with Crippen molar-refractivity contribution >= 4 is 17.6 Å². The number of carbonyl (C=O) groups is 2. The number of imide groups is 1. The smallest absolute Gasteiger partial charge is 0.319 e. The summed E-state index contributed by atoms with van der Waals surface area (Å²) >= 11 is 0. The number of hydrogen-bond donors (Lipinski definition) is 1. The third-order valence-electron chi connectivity index (χ3n) is 4.53. The van der Waals surface area contributed by atoms with Gasteiger partial charge in [0.25, 0.3) is 11.6 Å². The molecule has 1 N–H and O–H groups in total. The van der Waals surface area contributed by atoms with Crippen LogP contribution < -0.4 is 5.32 Å². The molecule has 1 saturated heterocycles. The van der Waals surface area contributed by atoms with Crippen LogP contribution in [0.15, 0.2) is 48.5 Å². The predicted molar refractivity (Wildman–Crippen MR) is 91.0 cm³/mol. The van der Waals surface area contributed by atoms with E-state index in [1.807, 2.05) is 0 Å². The lowest BCUT2D eigenvalue weighted by Crippen LogP contribution is -2.40. The van der Waals surface area contributed by atoms with Crippen molar-refractivity contribution in [1.82, 2.24) is 10.2 Å². The second-order valence-electron chi connectivity index (χ2n) is 6.45. The number of amides is 3. The summed E-state index contributed by atoms with van der Waals surface area (Å²) in [7, 11) is 0. The van der Waals surface area contributed by atoms with E-state index in [1.54, 1.807) is 0 Å². The minimum absolute atomic E-state index is 0.145. The summed E-state index contributed by atoms with van der Waals surface area (Å²) in [5, 5.41) is 13.3. The summed E-state index contributed by atoms with van der Waals surface area (Å²) in [4.78, 5) is 36.1. The van der Waals surface area contributed by atoms with Crippen molar-refractivity contribution in [3.8, 4) is 0 Å². The summed E-state index contributed by atoms with van der Waals surface area (Å²) in [5.74, 6) is -0.663. The Morgan fingerprint density at radius 3 is 2.36 bits per heavy atom. The molecule has 0 bridgehead atoms. The van der Waals surface area contributed by atoms with Crippen LogP contribution in [-0.4, -0.2) is 21.8 Å². The van der Waals surface area contributed by atoms with Gasteiger partial charge in [-0.15, -0.1) is 0 Å². The van der Waals surface area contributed by atoms with Crippen LogP contribution in [0.5, 0.6) is 0 Å². The second-order valence-corrected chi connectivity index (χ2v) is 6.45. The number of nitro groups is 1. The normalized spacial score (nSPS) is 19.6. The molecule has 1 fully saturated rings. The summed E-state index contributed by atoms with van der Waals surface area (Å²) in [6.45, 7) is 1.09. The number of rotatable bonds is 4. The van der Waals surface area contributed by atoms with E-state index >= 15 is 0 Å². The first-order valence-electron chi connectivity index (χ1n) is 8.07. The van der Waals surface area contributed by atoms with Crippen LogP contribution in [-0.2, 0) is 23.1 Å². The van der Waals surface area contributed by atoms with Crippen molar-refractivity contribution in [2.75, 3.05) is 0 Å². The van der Waals surface area contributed by atoms with Crippen LogP contribution >= 0.6 is 0 Å². The number of urea groups is 1. The number of carbonyl (C=O) groups excluding carboxylic acids is 2. The lowest BCUT2D eigenvalue weighted by Gasteiger charge is -2.22. The van der Waals surface area contributed by atoms with Crippen molar-refractivity contribution in [3.05, 3.63) is 75.3 Å². The van der Waals surface area contributed by atoms with Gasteiger partial charge in [0.05, 0.1) is 17.0 Å². The van der Waals surface area contributed by atoms with Crippen molar-refractivity contribution in [1.29, 1.82) is 0 Å². The van der Waals surface area contributed by atoms with Crippen LogP contribution in [0.1, 0.15) is 23.6 Å². The number of nitrogens with zero attached hydrogens (tertiary/aromatic N) is 2. The van der Waals surface area contributed by atoms with Gasteiger partial charge in [-0.3, -0.25) is 19.8 Å². The summed E-state index contributed by atoms with van der Waals surface area (Å²) < 4.78 is 38.6. The minimum Gasteiger partial charge on any atom is -0.319 e. The maximum atomic E-state index is 12.9. The van der Waals surface area contributed by atoms with Gasteiger partial charge in [-0.1, -0.05) is 12.1 Å². The molecule has 0 aliphatic carbocycles. The first-order chi connectivity index (χ1) is 13.0. The topological polar surface area (TPSA) is 92.6 Å². The van der Waals surface area contributed by atoms with E-state index in [0.717, 1.165) is 17.0 Å². The van der Waals surface area contributed by atoms with Gasteiger partial charge in [0.15, 0.2) is 0 Å². The molecule has 0 aromatic heterocycles. The minimum atomic E-state index is -4.54. The Labute approximate surface area is 156 Å². The number of halogens is 3. The average molecular weight is 393 g/mol. The first kappa shape index (κ1) is 19.3. The quantitative estimate of drug-likeness (QED) is 0.488. The molecule has 0 unspecified atom stereocenters. The Balaban J connectivity index is 1.86. The largest absolute Gasteiger partial charge is 0.416 e. The zero-order valence-corrected chi connectivity index (χ0v) is 14.5. The SMILES string of the molecule is C[C@]1(c2ccc([N+](=O)[O-])cc2)NC(=O)N(Cc2cccc(C(F)(F)F)c2)C1=O. The fraction of sp³-hybridized carbons (Fsp3) is 0.222. The molecule has 1 atom stereocenters. The zero-order chi connectivity index (χ0) is 20.7. The Bertz CT molecular complexity index is 959. The number of nitro benzene ring substituents is 1. The van der Waals surface area contributed by atoms with Crippen molar-refractivity contribution in [3.63, 3.8) is 0 Å². The maximum Gasteiger partial charge on any atom is 0.416 e. The molecule has 7 nitrogen and oxygen atoms in total. The molecule has 2 aromatic rings. The molecule has 28 heavy (non-hydrogen) atoms. The van der Waals surface area contributed by atoms with E-state index in [4.69, 9.17) is 0 Å². The highest BCUT2D eigenvalue weighted by atomic mass is 19.4. The van der Waals surface area contributed by atoms with Gasteiger partial charge in [0, 0.05) is 12.1 Å². The monoisotopic (exact) mass is 393 g/mol. The van der Waals surface area contributed by atoms with Crippen LogP contribution in [0.3, 0.4) is 0 Å². The number of alkyl halides is 3. The number of nitrogens with one attached hydrogen (secondary N) is 1. The van der Waals surface area contributed by atoms with E-state index in [-0.39, 0.29) is 17.8 Å². The Morgan fingerprint density at radius 1 is 1.14 bits per heavy atom. The number of non-ortho nitro benzene ring substituents is 1. The first-order valence-corrected chi connectivity index (χ1v) is 8.07. The molecule has 10 heteroatoms. The third-order valence-corrected chi connectivity index (χ3v) is 4.53. The molecule has 0 spiro atoms. The molecule has 146 valence electrons. The van der Waals surface area contributed by atoms with E-state index < -0.39 is 34.1 Å². The van der Waals surface area contributed by atoms with Crippen LogP contribution in [0, 0.1) is 10.1 Å². The van der Waals surface area contributed by atoms with Gasteiger partial charge in [-0.05, 0) is 42.3 Å². The van der Waals surface area contributed by atoms with Gasteiger partial charge in [-0.2, -0.15) is 13.2 Å². The molecular weight excluding hydrogens is 379 g/mol. The van der Waals surface area contributed by atoms with Gasteiger partial charge < -0.3 is 5.32 Å². The molecule has 3 rings (SSSR count). The van der Waals surface area contributed by atoms with Crippen molar-refractivity contribution < 1.29 is 27.7 Å². The number of benzene rings is 2. The van der Waals surface area contributed by atoms with Gasteiger partial charge in [0.1, 0.15) is 5.54 Å². The van der Waals surface area contributed by atoms with Gasteiger partial charge >= 0.3 is 12.2 Å². The van der Waals surface area contributed by atoms with Gasteiger partial charge in [0.2, 0.25) is 0 Å². The lowest BCUT2D eigenvalue weighted by molar-refractivity contribution is -0.384. The van der Waals surface area contributed by atoms with Crippen molar-refractivity contribution in [2.45, 2.75) is 25.2 Å². The highest BCUT2D eigenvalue weighted by Gasteiger charge is 2.49. The summed E-state index contributed by atoms with van der Waals surface area (Å²) in [6.07, 6.45) is -4.54. The van der Waals surface area contributed by atoms with E-state index in [0.29, 0.717) is 5.56 Å². The van der Waals surface area contributed by atoms with E-state index in [1.165, 1.54) is 43.3 Å². The third kappa shape index (κ3) is 3.40. The molecule has 1 aliphatic rings. The van der Waals surface area contributed by atoms with E-state index in [9.17, 15) is 32.9 Å². The van der Waals surface area contributed by atoms with Gasteiger partial charge in [-0.25, -0.2) is 4.79 Å². The highest BCUT2D eigenvalue weighted by molar-refractivity contribution is 6.07. The van der Waals surface area contributed by atoms with Crippen molar-refractivity contribution in [2.24, 2.45) is 0 Å². The fourth-order valence-corrected chi connectivity index (χ4v) is 2.98. The second kappa shape index (κ2) is 6.63. The predicted octanol–water partition coefficient (Wildman–Crippen LogP) is 3.58. The Kier molecular flexibility index (Phi) is 4.58. The molecule has 3 amide bonds. The Hall–Kier alpha value is -3.43. The molecule has 2 aromatic carbocycles. The zero-order valence-electron chi connectivity index (χ0n) is 14.5. The fourth-order valence-electron chi connectivity index (χ4n) is 2.98. The summed E-state index contributed by atoms with van der Waals surface area (Å²) in [5.41, 5.74) is -2.07. The average Bonchev–Trinajstić information content (AvgIpc) is 2.85. The standard InChI is InChI=1S/C18H14F3N3O4/c1-17(12-5-7-14(8-6-12)24(27)28)15(25)23(16(26)22-17)10-11-3-2-4-13(9-11)18(19,20)21/h2-9H,10H2,1H3,(H,22,26)/t17-/m1/s1. The molecule has 0 saturated carbocycles. The molecule has 1 aliphatic heterocycles. The molecule has 1 heterocycles.